The number of hydrogen-bond acceptors (Lipinski definition) is 5. The Hall–Kier alpha value is -3.13. The van der Waals surface area contributed by atoms with Gasteiger partial charge < -0.3 is 15.2 Å². The van der Waals surface area contributed by atoms with Gasteiger partial charge in [-0.3, -0.25) is 9.59 Å². The molecule has 1 heterocycles. The Balaban J connectivity index is 1.66. The van der Waals surface area contributed by atoms with Gasteiger partial charge in [0.15, 0.2) is 11.0 Å². The SMILES string of the molecule is CC(=O)Nc1ccc(NC(=O)[C@@H](C)Sc2nnc(-c3ccccc3C)n2C)cc1. The van der Waals surface area contributed by atoms with Gasteiger partial charge in [0.05, 0.1) is 5.25 Å². The minimum absolute atomic E-state index is 0.136. The number of nitrogens with one attached hydrogen (secondary N) is 2. The molecule has 0 spiro atoms. The Morgan fingerprint density at radius 2 is 1.62 bits per heavy atom. The van der Waals surface area contributed by atoms with Crippen LogP contribution in [0.25, 0.3) is 11.4 Å². The zero-order chi connectivity index (χ0) is 21.0. The molecule has 0 aliphatic rings. The number of amides is 2. The summed E-state index contributed by atoms with van der Waals surface area (Å²) in [7, 11) is 1.90. The van der Waals surface area contributed by atoms with Crippen LogP contribution >= 0.6 is 11.8 Å². The van der Waals surface area contributed by atoms with Crippen LogP contribution < -0.4 is 10.6 Å². The van der Waals surface area contributed by atoms with Gasteiger partial charge in [-0.25, -0.2) is 0 Å². The van der Waals surface area contributed by atoms with Crippen molar-refractivity contribution in [1.29, 1.82) is 0 Å². The quantitative estimate of drug-likeness (QED) is 0.604. The molecule has 0 unspecified atom stereocenters. The molecular formula is C21H23N5O2S. The fraction of sp³-hybridized carbons (Fsp3) is 0.238. The molecule has 0 saturated carbocycles. The van der Waals surface area contributed by atoms with Crippen molar-refractivity contribution in [3.8, 4) is 11.4 Å². The summed E-state index contributed by atoms with van der Waals surface area (Å²) in [6.45, 7) is 5.31. The van der Waals surface area contributed by atoms with Gasteiger partial charge in [0.2, 0.25) is 11.8 Å². The predicted molar refractivity (Wildman–Crippen MR) is 116 cm³/mol. The van der Waals surface area contributed by atoms with Gasteiger partial charge in [0, 0.05) is 30.9 Å². The molecule has 3 rings (SSSR count). The highest BCUT2D eigenvalue weighted by atomic mass is 32.2. The van der Waals surface area contributed by atoms with E-state index in [0.29, 0.717) is 16.5 Å². The summed E-state index contributed by atoms with van der Waals surface area (Å²) in [4.78, 5) is 23.6. The van der Waals surface area contributed by atoms with Crippen LogP contribution in [-0.4, -0.2) is 31.8 Å². The largest absolute Gasteiger partial charge is 0.326 e. The average Bonchev–Trinajstić information content (AvgIpc) is 3.03. The Labute approximate surface area is 173 Å². The maximum atomic E-state index is 12.6. The Morgan fingerprint density at radius 3 is 2.24 bits per heavy atom. The second-order valence-corrected chi connectivity index (χ2v) is 8.00. The van der Waals surface area contributed by atoms with E-state index < -0.39 is 0 Å². The molecule has 0 aliphatic carbocycles. The Kier molecular flexibility index (Phi) is 6.33. The zero-order valence-corrected chi connectivity index (χ0v) is 17.6. The van der Waals surface area contributed by atoms with Gasteiger partial charge in [-0.15, -0.1) is 10.2 Å². The standard InChI is InChI=1S/C21H23N5O2S/c1-13-7-5-6-8-18(13)19-24-25-21(26(19)4)29-14(2)20(28)23-17-11-9-16(10-12-17)22-15(3)27/h5-12,14H,1-4H3,(H,22,27)(H,23,28)/t14-/m1/s1. The number of thioether (sulfide) groups is 1. The Morgan fingerprint density at radius 1 is 1.00 bits per heavy atom. The van der Waals surface area contributed by atoms with Crippen LogP contribution in [0.2, 0.25) is 0 Å². The lowest BCUT2D eigenvalue weighted by Gasteiger charge is -2.12. The third-order valence-corrected chi connectivity index (χ3v) is 5.48. The third kappa shape index (κ3) is 5.03. The van der Waals surface area contributed by atoms with Gasteiger partial charge in [0.25, 0.3) is 0 Å². The summed E-state index contributed by atoms with van der Waals surface area (Å²) in [5, 5.41) is 14.4. The molecule has 0 radical (unpaired) electrons. The first-order valence-corrected chi connectivity index (χ1v) is 10.0. The molecule has 0 fully saturated rings. The summed E-state index contributed by atoms with van der Waals surface area (Å²) in [5.41, 5.74) is 3.48. The van der Waals surface area contributed by atoms with Crippen LogP contribution in [0.1, 0.15) is 19.4 Å². The van der Waals surface area contributed by atoms with Gasteiger partial charge in [-0.05, 0) is 43.7 Å². The molecule has 150 valence electrons. The molecule has 0 saturated heterocycles. The molecule has 2 aromatic carbocycles. The topological polar surface area (TPSA) is 88.9 Å². The second kappa shape index (κ2) is 8.91. The van der Waals surface area contributed by atoms with E-state index in [-0.39, 0.29) is 17.1 Å². The monoisotopic (exact) mass is 409 g/mol. The highest BCUT2D eigenvalue weighted by molar-refractivity contribution is 8.00. The van der Waals surface area contributed by atoms with Crippen molar-refractivity contribution in [2.75, 3.05) is 10.6 Å². The molecule has 29 heavy (non-hydrogen) atoms. The summed E-state index contributed by atoms with van der Waals surface area (Å²) in [6, 6.07) is 15.0. The van der Waals surface area contributed by atoms with E-state index in [4.69, 9.17) is 0 Å². The van der Waals surface area contributed by atoms with Crippen molar-refractivity contribution in [2.24, 2.45) is 7.05 Å². The van der Waals surface area contributed by atoms with Gasteiger partial charge in [-0.2, -0.15) is 0 Å². The van der Waals surface area contributed by atoms with Crippen LogP contribution in [0.5, 0.6) is 0 Å². The van der Waals surface area contributed by atoms with E-state index >= 15 is 0 Å². The molecule has 8 heteroatoms. The van der Waals surface area contributed by atoms with Crippen LogP contribution in [0, 0.1) is 6.92 Å². The number of benzene rings is 2. The van der Waals surface area contributed by atoms with Crippen molar-refractivity contribution in [3.63, 3.8) is 0 Å². The maximum Gasteiger partial charge on any atom is 0.237 e. The average molecular weight is 410 g/mol. The van der Waals surface area contributed by atoms with E-state index in [1.54, 1.807) is 24.3 Å². The van der Waals surface area contributed by atoms with Crippen LogP contribution in [-0.2, 0) is 16.6 Å². The lowest BCUT2D eigenvalue weighted by atomic mass is 10.1. The van der Waals surface area contributed by atoms with Crippen LogP contribution in [0.15, 0.2) is 53.7 Å². The molecule has 0 bridgehead atoms. The minimum Gasteiger partial charge on any atom is -0.326 e. The fourth-order valence-corrected chi connectivity index (χ4v) is 3.59. The van der Waals surface area contributed by atoms with Crippen molar-refractivity contribution < 1.29 is 9.59 Å². The first-order valence-electron chi connectivity index (χ1n) is 9.15. The molecule has 2 amide bonds. The molecule has 1 aromatic heterocycles. The third-order valence-electron chi connectivity index (χ3n) is 4.35. The summed E-state index contributed by atoms with van der Waals surface area (Å²) in [5.74, 6) is 0.495. The van der Waals surface area contributed by atoms with E-state index in [1.807, 2.05) is 49.7 Å². The van der Waals surface area contributed by atoms with E-state index in [1.165, 1.54) is 18.7 Å². The van der Waals surface area contributed by atoms with Crippen molar-refractivity contribution in [2.45, 2.75) is 31.2 Å². The second-order valence-electron chi connectivity index (χ2n) is 6.69. The number of rotatable bonds is 6. The van der Waals surface area contributed by atoms with Crippen molar-refractivity contribution >= 4 is 35.0 Å². The van der Waals surface area contributed by atoms with E-state index in [0.717, 1.165) is 17.0 Å². The molecule has 7 nitrogen and oxygen atoms in total. The lowest BCUT2D eigenvalue weighted by Crippen LogP contribution is -2.22. The van der Waals surface area contributed by atoms with Crippen molar-refractivity contribution in [1.82, 2.24) is 14.8 Å². The smallest absolute Gasteiger partial charge is 0.237 e. The highest BCUT2D eigenvalue weighted by Gasteiger charge is 2.20. The van der Waals surface area contributed by atoms with E-state index in [9.17, 15) is 9.59 Å². The van der Waals surface area contributed by atoms with Crippen LogP contribution in [0.3, 0.4) is 0 Å². The van der Waals surface area contributed by atoms with Gasteiger partial charge >= 0.3 is 0 Å². The zero-order valence-electron chi connectivity index (χ0n) is 16.8. The number of aromatic nitrogens is 3. The maximum absolute atomic E-state index is 12.6. The molecule has 1 atom stereocenters. The number of anilines is 2. The fourth-order valence-electron chi connectivity index (χ4n) is 2.77. The van der Waals surface area contributed by atoms with Gasteiger partial charge in [0.1, 0.15) is 0 Å². The number of carbonyl (C=O) groups excluding carboxylic acids is 2. The van der Waals surface area contributed by atoms with Crippen LogP contribution in [0.4, 0.5) is 11.4 Å². The van der Waals surface area contributed by atoms with E-state index in [2.05, 4.69) is 20.8 Å². The normalized spacial score (nSPS) is 11.7. The minimum atomic E-state index is -0.363. The number of nitrogens with zero attached hydrogens (tertiary/aromatic N) is 3. The van der Waals surface area contributed by atoms with Gasteiger partial charge in [-0.1, -0.05) is 36.0 Å². The Bertz CT molecular complexity index is 1030. The summed E-state index contributed by atoms with van der Waals surface area (Å²) < 4.78 is 1.90. The summed E-state index contributed by atoms with van der Waals surface area (Å²) >= 11 is 1.35. The molecular weight excluding hydrogens is 386 g/mol. The number of hydrogen-bond donors (Lipinski definition) is 2. The first-order chi connectivity index (χ1) is 13.8. The number of carbonyl (C=O) groups is 2. The first kappa shape index (κ1) is 20.6. The number of aryl methyl sites for hydroxylation is 1. The summed E-state index contributed by atoms with van der Waals surface area (Å²) in [6.07, 6.45) is 0. The van der Waals surface area contributed by atoms with Crippen molar-refractivity contribution in [3.05, 3.63) is 54.1 Å². The predicted octanol–water partition coefficient (Wildman–Crippen LogP) is 3.87. The molecule has 3 aromatic rings. The highest BCUT2D eigenvalue weighted by Crippen LogP contribution is 2.27. The molecule has 0 aliphatic heterocycles. The molecule has 2 N–H and O–H groups in total. The lowest BCUT2D eigenvalue weighted by molar-refractivity contribution is -0.115.